The van der Waals surface area contributed by atoms with Gasteiger partial charge in [0.2, 0.25) is 0 Å². The van der Waals surface area contributed by atoms with Crippen LogP contribution in [-0.4, -0.2) is 12.6 Å². The summed E-state index contributed by atoms with van der Waals surface area (Å²) in [5.74, 6) is 1.49. The number of hydrogen-bond acceptors (Lipinski definition) is 2. The van der Waals surface area contributed by atoms with Gasteiger partial charge in [-0.05, 0) is 37.0 Å². The van der Waals surface area contributed by atoms with Gasteiger partial charge in [0, 0.05) is 6.54 Å². The van der Waals surface area contributed by atoms with Gasteiger partial charge in [-0.3, -0.25) is 0 Å². The zero-order valence-corrected chi connectivity index (χ0v) is 10.1. The predicted molar refractivity (Wildman–Crippen MR) is 64.4 cm³/mol. The summed E-state index contributed by atoms with van der Waals surface area (Å²) in [7, 11) is 0. The molecule has 0 bridgehead atoms. The lowest BCUT2D eigenvalue weighted by Crippen LogP contribution is -2.23. The largest absolute Gasteiger partial charge is 0.489 e. The van der Waals surface area contributed by atoms with Gasteiger partial charge in [-0.15, -0.1) is 0 Å². The molecule has 0 aliphatic carbocycles. The lowest BCUT2D eigenvalue weighted by Gasteiger charge is -2.16. The maximum Gasteiger partial charge on any atom is 0.122 e. The Morgan fingerprint density at radius 1 is 1.27 bits per heavy atom. The molecule has 1 atom stereocenters. The average Bonchev–Trinajstić information content (AvgIpc) is 2.20. The van der Waals surface area contributed by atoms with E-state index >= 15 is 0 Å². The number of benzene rings is 1. The van der Waals surface area contributed by atoms with Crippen LogP contribution in [-0.2, 0) is 0 Å². The van der Waals surface area contributed by atoms with Gasteiger partial charge in [0.1, 0.15) is 11.9 Å². The van der Waals surface area contributed by atoms with E-state index in [-0.39, 0.29) is 6.10 Å². The van der Waals surface area contributed by atoms with E-state index in [1.807, 2.05) is 6.92 Å². The van der Waals surface area contributed by atoms with E-state index in [0.29, 0.717) is 12.5 Å². The van der Waals surface area contributed by atoms with Crippen molar-refractivity contribution in [2.24, 2.45) is 5.73 Å². The highest BCUT2D eigenvalue weighted by Gasteiger charge is 2.07. The maximum absolute atomic E-state index is 5.76. The molecule has 2 N–H and O–H groups in total. The number of rotatable bonds is 4. The van der Waals surface area contributed by atoms with Crippen LogP contribution in [0.4, 0.5) is 0 Å². The predicted octanol–water partition coefficient (Wildman–Crippen LogP) is 2.84. The van der Waals surface area contributed by atoms with Crippen molar-refractivity contribution in [1.29, 1.82) is 0 Å². The second kappa shape index (κ2) is 5.17. The summed E-state index contributed by atoms with van der Waals surface area (Å²) in [6.45, 7) is 8.96. The number of nitrogens with two attached hydrogens (primary N) is 1. The van der Waals surface area contributed by atoms with Crippen LogP contribution in [0.1, 0.15) is 37.8 Å². The molecular formula is C13H21NO. The van der Waals surface area contributed by atoms with E-state index in [1.54, 1.807) is 0 Å². The van der Waals surface area contributed by atoms with Gasteiger partial charge in [0.25, 0.3) is 0 Å². The van der Waals surface area contributed by atoms with Gasteiger partial charge in [0.15, 0.2) is 0 Å². The second-order valence-corrected chi connectivity index (χ2v) is 4.34. The summed E-state index contributed by atoms with van der Waals surface area (Å²) in [5.41, 5.74) is 8.01. The minimum Gasteiger partial charge on any atom is -0.489 e. The molecule has 0 amide bonds. The topological polar surface area (TPSA) is 35.2 Å². The van der Waals surface area contributed by atoms with Crippen molar-refractivity contribution in [3.05, 3.63) is 29.3 Å². The third-order valence-corrected chi connectivity index (χ3v) is 2.54. The Bertz CT molecular complexity index is 320. The lowest BCUT2D eigenvalue weighted by molar-refractivity contribution is 0.228. The molecule has 15 heavy (non-hydrogen) atoms. The summed E-state index contributed by atoms with van der Waals surface area (Å²) in [6.07, 6.45) is 0.0751. The monoisotopic (exact) mass is 207 g/mol. The Labute approximate surface area is 92.4 Å². The van der Waals surface area contributed by atoms with E-state index in [2.05, 4.69) is 39.0 Å². The van der Waals surface area contributed by atoms with Crippen molar-refractivity contribution in [3.8, 4) is 5.75 Å². The van der Waals surface area contributed by atoms with E-state index in [4.69, 9.17) is 10.5 Å². The summed E-state index contributed by atoms with van der Waals surface area (Å²) < 4.78 is 5.76. The van der Waals surface area contributed by atoms with Gasteiger partial charge < -0.3 is 10.5 Å². The molecule has 1 unspecified atom stereocenters. The Balaban J connectivity index is 2.90. The Kier molecular flexibility index (Phi) is 4.15. The third kappa shape index (κ3) is 3.24. The Hall–Kier alpha value is -1.02. The van der Waals surface area contributed by atoms with Gasteiger partial charge >= 0.3 is 0 Å². The molecule has 2 nitrogen and oxygen atoms in total. The standard InChI is InChI=1S/C13H21NO/c1-9(2)12-6-5-10(3)13(7-12)15-11(4)8-14/h5-7,9,11H,8,14H2,1-4H3. The summed E-state index contributed by atoms with van der Waals surface area (Å²) in [6, 6.07) is 6.38. The quantitative estimate of drug-likeness (QED) is 0.824. The average molecular weight is 207 g/mol. The van der Waals surface area contributed by atoms with Gasteiger partial charge in [-0.25, -0.2) is 0 Å². The Morgan fingerprint density at radius 2 is 1.93 bits per heavy atom. The van der Waals surface area contributed by atoms with E-state index in [0.717, 1.165) is 5.75 Å². The number of aryl methyl sites for hydroxylation is 1. The summed E-state index contributed by atoms with van der Waals surface area (Å²) in [5, 5.41) is 0. The molecule has 0 radical (unpaired) electrons. The molecule has 0 aliphatic rings. The van der Waals surface area contributed by atoms with Crippen molar-refractivity contribution in [1.82, 2.24) is 0 Å². The van der Waals surface area contributed by atoms with Crippen LogP contribution in [0.15, 0.2) is 18.2 Å². The molecule has 0 heterocycles. The molecular weight excluding hydrogens is 186 g/mol. The molecule has 2 heteroatoms. The first kappa shape index (κ1) is 12.1. The lowest BCUT2D eigenvalue weighted by atomic mass is 10.0. The second-order valence-electron chi connectivity index (χ2n) is 4.34. The first-order valence-corrected chi connectivity index (χ1v) is 5.52. The van der Waals surface area contributed by atoms with E-state index < -0.39 is 0 Å². The minimum atomic E-state index is 0.0751. The maximum atomic E-state index is 5.76. The molecule has 0 saturated carbocycles. The zero-order chi connectivity index (χ0) is 11.4. The molecule has 1 aromatic carbocycles. The highest BCUT2D eigenvalue weighted by molar-refractivity contribution is 5.37. The van der Waals surface area contributed by atoms with Gasteiger partial charge in [-0.1, -0.05) is 26.0 Å². The fourth-order valence-corrected chi connectivity index (χ4v) is 1.37. The van der Waals surface area contributed by atoms with Crippen molar-refractivity contribution >= 4 is 0 Å². The van der Waals surface area contributed by atoms with Gasteiger partial charge in [-0.2, -0.15) is 0 Å². The van der Waals surface area contributed by atoms with Crippen molar-refractivity contribution in [3.63, 3.8) is 0 Å². The van der Waals surface area contributed by atoms with Crippen LogP contribution < -0.4 is 10.5 Å². The molecule has 1 rings (SSSR count). The van der Waals surface area contributed by atoms with Crippen molar-refractivity contribution < 1.29 is 4.74 Å². The van der Waals surface area contributed by atoms with E-state index in [1.165, 1.54) is 11.1 Å². The van der Waals surface area contributed by atoms with Crippen LogP contribution in [0.2, 0.25) is 0 Å². The van der Waals surface area contributed by atoms with Crippen molar-refractivity contribution in [2.45, 2.75) is 39.7 Å². The molecule has 1 aromatic rings. The van der Waals surface area contributed by atoms with Crippen LogP contribution in [0.25, 0.3) is 0 Å². The highest BCUT2D eigenvalue weighted by atomic mass is 16.5. The molecule has 0 spiro atoms. The third-order valence-electron chi connectivity index (χ3n) is 2.54. The van der Waals surface area contributed by atoms with Crippen LogP contribution in [0.5, 0.6) is 5.75 Å². The first-order valence-electron chi connectivity index (χ1n) is 5.52. The smallest absolute Gasteiger partial charge is 0.122 e. The highest BCUT2D eigenvalue weighted by Crippen LogP contribution is 2.24. The molecule has 0 aromatic heterocycles. The molecule has 84 valence electrons. The summed E-state index contributed by atoms with van der Waals surface area (Å²) >= 11 is 0. The van der Waals surface area contributed by atoms with Crippen LogP contribution >= 0.6 is 0 Å². The van der Waals surface area contributed by atoms with Crippen molar-refractivity contribution in [2.75, 3.05) is 6.54 Å². The minimum absolute atomic E-state index is 0.0751. The van der Waals surface area contributed by atoms with Gasteiger partial charge in [0.05, 0.1) is 0 Å². The van der Waals surface area contributed by atoms with E-state index in [9.17, 15) is 0 Å². The normalized spacial score (nSPS) is 12.9. The first-order chi connectivity index (χ1) is 7.04. The molecule has 0 fully saturated rings. The SMILES string of the molecule is Cc1ccc(C(C)C)cc1OC(C)CN. The molecule has 0 saturated heterocycles. The fourth-order valence-electron chi connectivity index (χ4n) is 1.37. The van der Waals surface area contributed by atoms with Crippen LogP contribution in [0.3, 0.4) is 0 Å². The zero-order valence-electron chi connectivity index (χ0n) is 10.1. The van der Waals surface area contributed by atoms with Crippen LogP contribution in [0, 0.1) is 6.92 Å². The molecule has 0 aliphatic heterocycles. The number of ether oxygens (including phenoxy) is 1. The summed E-state index contributed by atoms with van der Waals surface area (Å²) in [4.78, 5) is 0. The Morgan fingerprint density at radius 3 is 2.47 bits per heavy atom. The fraction of sp³-hybridized carbons (Fsp3) is 0.538. The number of hydrogen-bond donors (Lipinski definition) is 1.